The third-order valence-corrected chi connectivity index (χ3v) is 7.51. The van der Waals surface area contributed by atoms with Crippen LogP contribution in [0.1, 0.15) is 11.7 Å². The van der Waals surface area contributed by atoms with Gasteiger partial charge < -0.3 is 74.8 Å². The number of aliphatic hydroxyl groups is 8. The lowest BCUT2D eigenvalue weighted by Crippen LogP contribution is -2.60. The minimum atomic E-state index is -1.88. The second-order valence-electron chi connectivity index (χ2n) is 10.3. The van der Waals surface area contributed by atoms with Gasteiger partial charge in [0.15, 0.2) is 22.5 Å². The van der Waals surface area contributed by atoms with Gasteiger partial charge in [0, 0.05) is 17.7 Å². The van der Waals surface area contributed by atoms with Crippen LogP contribution >= 0.6 is 0 Å². The fourth-order valence-corrected chi connectivity index (χ4v) is 5.13. The first-order chi connectivity index (χ1) is 20.4. The molecule has 1 aromatic heterocycles. The fraction of sp³-hybridized carbons (Fsp3) is 0.444. The van der Waals surface area contributed by atoms with Crippen molar-refractivity contribution in [1.82, 2.24) is 0 Å². The summed E-state index contributed by atoms with van der Waals surface area (Å²) in [5.41, 5.74) is -1.64. The van der Waals surface area contributed by atoms with Crippen LogP contribution < -0.4 is 10.2 Å². The number of hydrogen-bond donors (Lipinski definition) is 11. The highest BCUT2D eigenvalue weighted by molar-refractivity contribution is 5.89. The summed E-state index contributed by atoms with van der Waals surface area (Å²) in [6.45, 7) is -1.51. The van der Waals surface area contributed by atoms with E-state index in [0.29, 0.717) is 0 Å². The molecular weight excluding hydrogens is 580 g/mol. The van der Waals surface area contributed by atoms with Crippen molar-refractivity contribution in [3.63, 3.8) is 0 Å². The quantitative estimate of drug-likeness (QED) is 0.135. The SMILES string of the molecule is O=c1cc(-c2ccc(O)c(O[C@@H]3O[C@H](CO)[C@@H](O)[C@H](O)[C@H]3O)c2)oc2c([C@@H]3O[C@H](CO)[C@@H](O)[C@H](O)[C@H]3O)c(O)cc(O)c12. The van der Waals surface area contributed by atoms with Crippen LogP contribution in [0.25, 0.3) is 22.3 Å². The Kier molecular flexibility index (Phi) is 8.52. The molecule has 43 heavy (non-hydrogen) atoms. The molecule has 11 N–H and O–H groups in total. The number of aliphatic hydroxyl groups excluding tert-OH is 8. The van der Waals surface area contributed by atoms with E-state index in [1.165, 1.54) is 6.07 Å². The van der Waals surface area contributed by atoms with E-state index in [1.54, 1.807) is 0 Å². The van der Waals surface area contributed by atoms with Gasteiger partial charge >= 0.3 is 0 Å². The first kappa shape index (κ1) is 30.9. The normalized spacial score (nSPS) is 33.0. The van der Waals surface area contributed by atoms with Gasteiger partial charge in [-0.25, -0.2) is 0 Å². The third kappa shape index (κ3) is 5.38. The molecule has 0 bridgehead atoms. The molecule has 0 radical (unpaired) electrons. The second kappa shape index (κ2) is 11.9. The van der Waals surface area contributed by atoms with Crippen molar-refractivity contribution in [1.29, 1.82) is 0 Å². The molecule has 0 unspecified atom stereocenters. The molecule has 16 nitrogen and oxygen atoms in total. The van der Waals surface area contributed by atoms with Crippen LogP contribution in [0.2, 0.25) is 0 Å². The maximum absolute atomic E-state index is 13.2. The Labute approximate surface area is 241 Å². The molecule has 0 aliphatic carbocycles. The van der Waals surface area contributed by atoms with Crippen LogP contribution in [0.15, 0.2) is 39.5 Å². The highest BCUT2D eigenvalue weighted by atomic mass is 16.7. The molecule has 16 heteroatoms. The molecular formula is C27H30O16. The Morgan fingerprint density at radius 2 is 1.33 bits per heavy atom. The molecule has 234 valence electrons. The lowest BCUT2D eigenvalue weighted by Gasteiger charge is -2.40. The molecule has 2 aromatic carbocycles. The van der Waals surface area contributed by atoms with Gasteiger partial charge in [0.05, 0.1) is 18.8 Å². The number of aromatic hydroxyl groups is 3. The lowest BCUT2D eigenvalue weighted by molar-refractivity contribution is -0.277. The van der Waals surface area contributed by atoms with E-state index in [4.69, 9.17) is 18.6 Å². The van der Waals surface area contributed by atoms with E-state index >= 15 is 0 Å². The zero-order chi connectivity index (χ0) is 31.3. The molecule has 0 spiro atoms. The van der Waals surface area contributed by atoms with Crippen LogP contribution in [0.3, 0.4) is 0 Å². The summed E-state index contributed by atoms with van der Waals surface area (Å²) >= 11 is 0. The number of rotatable bonds is 6. The van der Waals surface area contributed by atoms with Crippen LogP contribution in [-0.4, -0.2) is 125 Å². The van der Waals surface area contributed by atoms with Crippen LogP contribution in [-0.2, 0) is 9.47 Å². The minimum Gasteiger partial charge on any atom is -0.507 e. The Morgan fingerprint density at radius 3 is 1.98 bits per heavy atom. The minimum absolute atomic E-state index is 0.0546. The summed E-state index contributed by atoms with van der Waals surface area (Å²) in [5.74, 6) is -2.48. The molecule has 10 atom stereocenters. The second-order valence-corrected chi connectivity index (χ2v) is 10.3. The van der Waals surface area contributed by atoms with Gasteiger partial charge in [-0.3, -0.25) is 4.79 Å². The third-order valence-electron chi connectivity index (χ3n) is 7.51. The van der Waals surface area contributed by atoms with E-state index in [0.717, 1.165) is 24.3 Å². The van der Waals surface area contributed by atoms with E-state index < -0.39 is 108 Å². The van der Waals surface area contributed by atoms with E-state index in [2.05, 4.69) is 0 Å². The summed E-state index contributed by atoms with van der Waals surface area (Å²) in [4.78, 5) is 13.2. The van der Waals surface area contributed by atoms with Gasteiger partial charge in [0.1, 0.15) is 77.6 Å². The monoisotopic (exact) mass is 610 g/mol. The van der Waals surface area contributed by atoms with Crippen LogP contribution in [0.4, 0.5) is 0 Å². The number of ether oxygens (including phenoxy) is 3. The van der Waals surface area contributed by atoms with E-state index in [1.807, 2.05) is 0 Å². The Balaban J connectivity index is 1.58. The van der Waals surface area contributed by atoms with Crippen LogP contribution in [0.5, 0.6) is 23.0 Å². The molecule has 2 fully saturated rings. The molecule has 5 rings (SSSR count). The van der Waals surface area contributed by atoms with Gasteiger partial charge in [0.2, 0.25) is 6.29 Å². The summed E-state index contributed by atoms with van der Waals surface area (Å²) in [6.07, 6.45) is -16.6. The summed E-state index contributed by atoms with van der Waals surface area (Å²) in [6, 6.07) is 5.31. The number of phenols is 3. The predicted molar refractivity (Wildman–Crippen MR) is 140 cm³/mol. The standard InChI is InChI=1S/C27H30O16/c28-6-15-19(34)21(36)23(38)26(41-15)18-11(32)4-10(31)17-12(33)5-13(40-25(17)18)8-1-2-9(30)14(3-8)42-27-24(39)22(37)20(35)16(7-29)43-27/h1-5,15-16,19-24,26-32,34-39H,6-7H2/t15-,16-,19-,20-,21+,22+,23-,24-,26+,27-/m1/s1. The number of phenolic OH excluding ortho intramolecular Hbond substituents is 3. The van der Waals surface area contributed by atoms with Gasteiger partial charge in [-0.15, -0.1) is 0 Å². The molecule has 3 aromatic rings. The Morgan fingerprint density at radius 1 is 0.698 bits per heavy atom. The van der Waals surface area contributed by atoms with E-state index in [9.17, 15) is 61.0 Å². The zero-order valence-electron chi connectivity index (χ0n) is 22.0. The van der Waals surface area contributed by atoms with Crippen molar-refractivity contribution >= 4 is 11.0 Å². The average molecular weight is 611 g/mol. The topological polar surface area (TPSA) is 280 Å². The molecule has 2 saturated heterocycles. The predicted octanol–water partition coefficient (Wildman–Crippen LogP) is -2.73. The molecule has 2 aliphatic heterocycles. The van der Waals surface area contributed by atoms with E-state index in [-0.39, 0.29) is 22.6 Å². The Bertz CT molecular complexity index is 1540. The first-order valence-corrected chi connectivity index (χ1v) is 13.0. The number of hydrogen-bond acceptors (Lipinski definition) is 16. The van der Waals surface area contributed by atoms with Crippen molar-refractivity contribution < 1.29 is 74.8 Å². The Hall–Kier alpha value is -3.55. The van der Waals surface area contributed by atoms with Gasteiger partial charge in [-0.1, -0.05) is 0 Å². The van der Waals surface area contributed by atoms with Gasteiger partial charge in [-0.2, -0.15) is 0 Å². The molecule has 3 heterocycles. The largest absolute Gasteiger partial charge is 0.507 e. The highest BCUT2D eigenvalue weighted by Gasteiger charge is 2.47. The number of fused-ring (bicyclic) bond motifs is 1. The van der Waals surface area contributed by atoms with Gasteiger partial charge in [0.25, 0.3) is 0 Å². The van der Waals surface area contributed by atoms with Crippen molar-refractivity contribution in [2.24, 2.45) is 0 Å². The molecule has 0 amide bonds. The maximum atomic E-state index is 13.2. The van der Waals surface area contributed by atoms with Crippen molar-refractivity contribution in [3.05, 3.63) is 46.1 Å². The summed E-state index contributed by atoms with van der Waals surface area (Å²) < 4.78 is 22.2. The highest BCUT2D eigenvalue weighted by Crippen LogP contribution is 2.44. The fourth-order valence-electron chi connectivity index (χ4n) is 5.13. The van der Waals surface area contributed by atoms with Gasteiger partial charge in [-0.05, 0) is 18.2 Å². The average Bonchev–Trinajstić information content (AvgIpc) is 2.97. The van der Waals surface area contributed by atoms with Crippen molar-refractivity contribution in [3.8, 4) is 34.3 Å². The summed E-state index contributed by atoms with van der Waals surface area (Å²) in [5, 5.41) is 112. The zero-order valence-corrected chi connectivity index (χ0v) is 22.0. The maximum Gasteiger partial charge on any atom is 0.229 e. The lowest BCUT2D eigenvalue weighted by atomic mass is 9.89. The summed E-state index contributed by atoms with van der Waals surface area (Å²) in [7, 11) is 0. The number of benzene rings is 2. The van der Waals surface area contributed by atoms with Crippen molar-refractivity contribution in [2.45, 2.75) is 61.2 Å². The van der Waals surface area contributed by atoms with Crippen LogP contribution in [0, 0.1) is 0 Å². The smallest absolute Gasteiger partial charge is 0.229 e. The molecule has 0 saturated carbocycles. The molecule has 2 aliphatic rings. The van der Waals surface area contributed by atoms with Crippen molar-refractivity contribution in [2.75, 3.05) is 13.2 Å². The first-order valence-electron chi connectivity index (χ1n) is 13.0.